The van der Waals surface area contributed by atoms with E-state index in [0.717, 1.165) is 0 Å². The average molecular weight is 330 g/mol. The molecule has 0 aromatic carbocycles. The summed E-state index contributed by atoms with van der Waals surface area (Å²) in [7, 11) is 1.23. The summed E-state index contributed by atoms with van der Waals surface area (Å²) in [5, 5.41) is 4.94. The van der Waals surface area contributed by atoms with E-state index in [-0.39, 0.29) is 18.8 Å². The summed E-state index contributed by atoms with van der Waals surface area (Å²) in [5.41, 5.74) is 10.6. The normalized spacial score (nSPS) is 14.5. The molecule has 132 valence electrons. The maximum atomic E-state index is 12.1. The van der Waals surface area contributed by atoms with Gasteiger partial charge in [-0.05, 0) is 19.3 Å². The van der Waals surface area contributed by atoms with Crippen LogP contribution in [0.25, 0.3) is 0 Å². The van der Waals surface area contributed by atoms with Crippen LogP contribution in [0, 0.1) is 5.92 Å². The van der Waals surface area contributed by atoms with Gasteiger partial charge in [0.05, 0.1) is 13.2 Å². The van der Waals surface area contributed by atoms with Crippen LogP contribution in [-0.4, -0.2) is 48.9 Å². The van der Waals surface area contributed by atoms with Crippen LogP contribution in [0.15, 0.2) is 0 Å². The Balaban J connectivity index is 4.56. The molecule has 0 unspecified atom stereocenters. The van der Waals surface area contributed by atoms with Crippen molar-refractivity contribution in [2.75, 3.05) is 7.11 Å². The van der Waals surface area contributed by atoms with Gasteiger partial charge < -0.3 is 26.8 Å². The van der Waals surface area contributed by atoms with Crippen LogP contribution in [0.5, 0.6) is 0 Å². The van der Waals surface area contributed by atoms with Crippen molar-refractivity contribution in [1.29, 1.82) is 0 Å². The van der Waals surface area contributed by atoms with Gasteiger partial charge in [-0.1, -0.05) is 13.8 Å². The first-order valence-corrected chi connectivity index (χ1v) is 7.32. The summed E-state index contributed by atoms with van der Waals surface area (Å²) in [6.07, 6.45) is 0.0687. The van der Waals surface area contributed by atoms with Gasteiger partial charge in [-0.25, -0.2) is 4.79 Å². The van der Waals surface area contributed by atoms with E-state index >= 15 is 0 Å². The largest absolute Gasteiger partial charge is 0.467 e. The molecule has 0 aromatic heterocycles. The zero-order valence-electron chi connectivity index (χ0n) is 13.9. The van der Waals surface area contributed by atoms with Crippen LogP contribution in [0.2, 0.25) is 0 Å². The summed E-state index contributed by atoms with van der Waals surface area (Å²) >= 11 is 0. The molecule has 0 aliphatic carbocycles. The van der Waals surface area contributed by atoms with Gasteiger partial charge >= 0.3 is 5.97 Å². The Labute approximate surface area is 135 Å². The van der Waals surface area contributed by atoms with E-state index in [2.05, 4.69) is 15.4 Å². The van der Waals surface area contributed by atoms with Crippen molar-refractivity contribution in [3.63, 3.8) is 0 Å². The number of nitrogens with two attached hydrogens (primary N) is 2. The van der Waals surface area contributed by atoms with Crippen molar-refractivity contribution in [2.24, 2.45) is 17.4 Å². The number of amides is 3. The molecule has 0 saturated heterocycles. The molecule has 9 nitrogen and oxygen atoms in total. The second-order valence-electron chi connectivity index (χ2n) is 5.60. The smallest absolute Gasteiger partial charge is 0.328 e. The second-order valence-corrected chi connectivity index (χ2v) is 5.60. The number of rotatable bonds is 9. The SMILES string of the molecule is COC(=O)[C@@H](NC(=O)[C@H](C)NC(=O)[C@@H](N)CCC(N)=O)C(C)C. The molecule has 0 saturated carbocycles. The summed E-state index contributed by atoms with van der Waals surface area (Å²) in [5.74, 6) is -2.41. The lowest BCUT2D eigenvalue weighted by molar-refractivity contribution is -0.146. The summed E-state index contributed by atoms with van der Waals surface area (Å²) < 4.78 is 4.62. The molecule has 0 rings (SSSR count). The van der Waals surface area contributed by atoms with Gasteiger partial charge in [-0.2, -0.15) is 0 Å². The summed E-state index contributed by atoms with van der Waals surface area (Å²) in [6.45, 7) is 4.97. The Morgan fingerprint density at radius 2 is 1.61 bits per heavy atom. The minimum atomic E-state index is -0.945. The van der Waals surface area contributed by atoms with Gasteiger partial charge in [0.15, 0.2) is 0 Å². The quantitative estimate of drug-likeness (QED) is 0.373. The first kappa shape index (κ1) is 20.8. The number of carbonyl (C=O) groups excluding carboxylic acids is 4. The minimum absolute atomic E-state index is 0.0209. The lowest BCUT2D eigenvalue weighted by atomic mass is 10.0. The third-order valence-electron chi connectivity index (χ3n) is 3.21. The molecular formula is C14H26N4O5. The van der Waals surface area contributed by atoms with Crippen molar-refractivity contribution in [3.8, 4) is 0 Å². The van der Waals surface area contributed by atoms with E-state index in [1.54, 1.807) is 13.8 Å². The molecule has 3 amide bonds. The maximum absolute atomic E-state index is 12.1. The van der Waals surface area contributed by atoms with E-state index in [1.807, 2.05) is 0 Å². The molecule has 0 heterocycles. The second kappa shape index (κ2) is 9.78. The Kier molecular flexibility index (Phi) is 8.86. The van der Waals surface area contributed by atoms with E-state index in [4.69, 9.17) is 11.5 Å². The first-order valence-electron chi connectivity index (χ1n) is 7.32. The van der Waals surface area contributed by atoms with Crippen LogP contribution >= 0.6 is 0 Å². The first-order chi connectivity index (χ1) is 10.6. The van der Waals surface area contributed by atoms with Crippen molar-refractivity contribution in [2.45, 2.75) is 51.7 Å². The molecule has 3 atom stereocenters. The minimum Gasteiger partial charge on any atom is -0.467 e. The zero-order valence-corrected chi connectivity index (χ0v) is 13.9. The van der Waals surface area contributed by atoms with Crippen LogP contribution < -0.4 is 22.1 Å². The standard InChI is InChI=1S/C14H26N4O5/c1-7(2)11(14(22)23-4)18-12(20)8(3)17-13(21)9(15)5-6-10(16)19/h7-9,11H,5-6,15H2,1-4H3,(H2,16,19)(H,17,21)(H,18,20)/t8-,9-,11-/m0/s1. The molecular weight excluding hydrogens is 304 g/mol. The zero-order chi connectivity index (χ0) is 18.2. The van der Waals surface area contributed by atoms with E-state index in [9.17, 15) is 19.2 Å². The lowest BCUT2D eigenvalue weighted by Crippen LogP contribution is -2.54. The highest BCUT2D eigenvalue weighted by Gasteiger charge is 2.28. The molecule has 0 spiro atoms. The molecule has 0 fully saturated rings. The Morgan fingerprint density at radius 3 is 2.04 bits per heavy atom. The third-order valence-corrected chi connectivity index (χ3v) is 3.21. The number of nitrogens with one attached hydrogen (secondary N) is 2. The number of hydrogen-bond donors (Lipinski definition) is 4. The topological polar surface area (TPSA) is 154 Å². The van der Waals surface area contributed by atoms with E-state index in [1.165, 1.54) is 14.0 Å². The van der Waals surface area contributed by atoms with Gasteiger partial charge in [0, 0.05) is 6.42 Å². The molecule has 0 aliphatic heterocycles. The summed E-state index contributed by atoms with van der Waals surface area (Å²) in [4.78, 5) is 46.1. The van der Waals surface area contributed by atoms with Crippen molar-refractivity contribution >= 4 is 23.7 Å². The highest BCUT2D eigenvalue weighted by atomic mass is 16.5. The van der Waals surface area contributed by atoms with Gasteiger partial charge in [0.2, 0.25) is 17.7 Å². The number of hydrogen-bond acceptors (Lipinski definition) is 6. The van der Waals surface area contributed by atoms with Crippen LogP contribution in [0.4, 0.5) is 0 Å². The van der Waals surface area contributed by atoms with E-state index < -0.39 is 41.8 Å². The predicted molar refractivity (Wildman–Crippen MR) is 82.8 cm³/mol. The monoisotopic (exact) mass is 330 g/mol. The van der Waals surface area contributed by atoms with Crippen LogP contribution in [0.1, 0.15) is 33.6 Å². The average Bonchev–Trinajstić information content (AvgIpc) is 2.48. The molecule has 23 heavy (non-hydrogen) atoms. The van der Waals surface area contributed by atoms with Crippen LogP contribution in [0.3, 0.4) is 0 Å². The highest BCUT2D eigenvalue weighted by molar-refractivity contribution is 5.91. The van der Waals surface area contributed by atoms with Crippen molar-refractivity contribution in [3.05, 3.63) is 0 Å². The van der Waals surface area contributed by atoms with Crippen molar-refractivity contribution in [1.82, 2.24) is 10.6 Å². The number of carbonyl (C=O) groups is 4. The molecule has 0 radical (unpaired) electrons. The number of ether oxygens (including phenoxy) is 1. The van der Waals surface area contributed by atoms with Crippen LogP contribution in [-0.2, 0) is 23.9 Å². The fourth-order valence-electron chi connectivity index (χ4n) is 1.72. The van der Waals surface area contributed by atoms with Gasteiger partial charge in [-0.15, -0.1) is 0 Å². The lowest BCUT2D eigenvalue weighted by Gasteiger charge is -2.23. The summed E-state index contributed by atoms with van der Waals surface area (Å²) in [6, 6.07) is -2.65. The molecule has 9 heteroatoms. The maximum Gasteiger partial charge on any atom is 0.328 e. The molecule has 0 aromatic rings. The number of methoxy groups -OCH3 is 1. The molecule has 6 N–H and O–H groups in total. The predicted octanol–water partition coefficient (Wildman–Crippen LogP) is -1.60. The van der Waals surface area contributed by atoms with Gasteiger partial charge in [-0.3, -0.25) is 14.4 Å². The molecule has 0 bridgehead atoms. The van der Waals surface area contributed by atoms with Gasteiger partial charge in [0.1, 0.15) is 12.1 Å². The Morgan fingerprint density at radius 1 is 1.04 bits per heavy atom. The van der Waals surface area contributed by atoms with Gasteiger partial charge in [0.25, 0.3) is 0 Å². The number of primary amides is 1. The highest BCUT2D eigenvalue weighted by Crippen LogP contribution is 2.04. The fourth-order valence-corrected chi connectivity index (χ4v) is 1.72. The molecule has 0 aliphatic rings. The number of esters is 1. The Hall–Kier alpha value is -2.16. The Bertz CT molecular complexity index is 452. The fraction of sp³-hybridized carbons (Fsp3) is 0.714. The third kappa shape index (κ3) is 7.59. The van der Waals surface area contributed by atoms with E-state index in [0.29, 0.717) is 0 Å². The van der Waals surface area contributed by atoms with Crippen molar-refractivity contribution < 1.29 is 23.9 Å².